The number of aliphatic hydroxyl groups is 1. The van der Waals surface area contributed by atoms with Gasteiger partial charge in [0.25, 0.3) is 0 Å². The van der Waals surface area contributed by atoms with Crippen LogP contribution in [0.15, 0.2) is 12.3 Å². The summed E-state index contributed by atoms with van der Waals surface area (Å²) >= 11 is 0. The fourth-order valence-electron chi connectivity index (χ4n) is 0.264. The van der Waals surface area contributed by atoms with Crippen LogP contribution in [0.1, 0.15) is 0 Å². The standard InChI is InChI=1S/C5H10N2O/c6-2-1-3-7-4-5-8/h1-3,6-8H,4-5H2/b3-1+,6-2?. The smallest absolute Gasteiger partial charge is 0.0603 e. The summed E-state index contributed by atoms with van der Waals surface area (Å²) in [5.74, 6) is 0. The molecule has 8 heavy (non-hydrogen) atoms. The molecular formula is C5H10N2O. The van der Waals surface area contributed by atoms with Crippen molar-refractivity contribution in [1.82, 2.24) is 5.32 Å². The number of hydrogen-bond acceptors (Lipinski definition) is 3. The Balaban J connectivity index is 2.91. The fraction of sp³-hybridized carbons (Fsp3) is 0.400. The molecule has 3 N–H and O–H groups in total. The molecule has 0 radical (unpaired) electrons. The normalized spacial score (nSPS) is 9.62. The lowest BCUT2D eigenvalue weighted by molar-refractivity contribution is 0.298. The molecule has 3 nitrogen and oxygen atoms in total. The van der Waals surface area contributed by atoms with Gasteiger partial charge in [0.15, 0.2) is 0 Å². The molecule has 0 aliphatic heterocycles. The summed E-state index contributed by atoms with van der Waals surface area (Å²) in [5.41, 5.74) is 0. The zero-order valence-electron chi connectivity index (χ0n) is 4.59. The molecule has 0 amide bonds. The maximum Gasteiger partial charge on any atom is 0.0603 e. The number of allylic oxidation sites excluding steroid dienone is 1. The van der Waals surface area contributed by atoms with E-state index in [1.165, 1.54) is 6.21 Å². The van der Waals surface area contributed by atoms with Gasteiger partial charge in [-0.1, -0.05) is 0 Å². The summed E-state index contributed by atoms with van der Waals surface area (Å²) in [5, 5.41) is 17.5. The highest BCUT2D eigenvalue weighted by atomic mass is 16.3. The highest BCUT2D eigenvalue weighted by molar-refractivity contribution is 5.67. The molecule has 0 rings (SSSR count). The Morgan fingerprint density at radius 3 is 2.88 bits per heavy atom. The first-order valence-corrected chi connectivity index (χ1v) is 2.41. The Kier molecular flexibility index (Phi) is 5.53. The lowest BCUT2D eigenvalue weighted by Gasteiger charge is -1.90. The second-order valence-electron chi connectivity index (χ2n) is 1.20. The van der Waals surface area contributed by atoms with E-state index < -0.39 is 0 Å². The summed E-state index contributed by atoms with van der Waals surface area (Å²) in [4.78, 5) is 0. The second-order valence-corrected chi connectivity index (χ2v) is 1.20. The first-order chi connectivity index (χ1) is 3.91. The Bertz CT molecular complexity index is 80.5. The number of nitrogens with one attached hydrogen (secondary N) is 2. The zero-order chi connectivity index (χ0) is 6.24. The van der Waals surface area contributed by atoms with Crippen LogP contribution in [0.25, 0.3) is 0 Å². The lowest BCUT2D eigenvalue weighted by atomic mass is 10.6. The molecule has 3 heteroatoms. The number of rotatable bonds is 4. The molecule has 46 valence electrons. The Morgan fingerprint density at radius 1 is 1.62 bits per heavy atom. The highest BCUT2D eigenvalue weighted by Gasteiger charge is 1.70. The maximum atomic E-state index is 8.21. The molecule has 0 saturated carbocycles. The summed E-state index contributed by atoms with van der Waals surface area (Å²) in [6, 6.07) is 0. The lowest BCUT2D eigenvalue weighted by Crippen LogP contribution is -2.10. The van der Waals surface area contributed by atoms with Gasteiger partial charge in [-0.05, 0) is 12.3 Å². The van der Waals surface area contributed by atoms with Gasteiger partial charge in [-0.3, -0.25) is 0 Å². The van der Waals surface area contributed by atoms with Crippen molar-refractivity contribution < 1.29 is 5.11 Å². The van der Waals surface area contributed by atoms with Gasteiger partial charge in [-0.2, -0.15) is 0 Å². The number of hydrogen-bond donors (Lipinski definition) is 3. The van der Waals surface area contributed by atoms with Crippen molar-refractivity contribution in [3.63, 3.8) is 0 Å². The minimum Gasteiger partial charge on any atom is -0.395 e. The molecule has 0 aromatic carbocycles. The average molecular weight is 114 g/mol. The van der Waals surface area contributed by atoms with Crippen molar-refractivity contribution in [2.24, 2.45) is 0 Å². The predicted octanol–water partition coefficient (Wildman–Crippen LogP) is -0.268. The minimum atomic E-state index is 0.127. The van der Waals surface area contributed by atoms with Gasteiger partial charge >= 0.3 is 0 Å². The first kappa shape index (κ1) is 7.17. The molecule has 0 aliphatic rings. The van der Waals surface area contributed by atoms with Crippen LogP contribution in [0, 0.1) is 5.41 Å². The van der Waals surface area contributed by atoms with Crippen molar-refractivity contribution in [3.05, 3.63) is 12.3 Å². The van der Waals surface area contributed by atoms with Crippen LogP contribution >= 0.6 is 0 Å². The minimum absolute atomic E-state index is 0.127. The van der Waals surface area contributed by atoms with Crippen molar-refractivity contribution >= 4 is 6.21 Å². The third-order valence-corrected chi connectivity index (χ3v) is 0.566. The highest BCUT2D eigenvalue weighted by Crippen LogP contribution is 1.59. The maximum absolute atomic E-state index is 8.21. The van der Waals surface area contributed by atoms with Crippen molar-refractivity contribution in [3.8, 4) is 0 Å². The van der Waals surface area contributed by atoms with E-state index in [0.717, 1.165) is 0 Å². The van der Waals surface area contributed by atoms with E-state index in [9.17, 15) is 0 Å². The predicted molar refractivity (Wildman–Crippen MR) is 33.0 cm³/mol. The molecule has 0 unspecified atom stereocenters. The van der Waals surface area contributed by atoms with E-state index in [2.05, 4.69) is 5.32 Å². The summed E-state index contributed by atoms with van der Waals surface area (Å²) in [7, 11) is 0. The monoisotopic (exact) mass is 114 g/mol. The van der Waals surface area contributed by atoms with Crippen LogP contribution in [0.3, 0.4) is 0 Å². The Labute approximate surface area is 48.5 Å². The quantitative estimate of drug-likeness (QED) is 0.348. The van der Waals surface area contributed by atoms with Gasteiger partial charge in [0.2, 0.25) is 0 Å². The molecule has 0 atom stereocenters. The van der Waals surface area contributed by atoms with Crippen LogP contribution in [0.4, 0.5) is 0 Å². The van der Waals surface area contributed by atoms with Gasteiger partial charge in [0.05, 0.1) is 6.61 Å². The second kappa shape index (κ2) is 6.17. The molecule has 0 fully saturated rings. The van der Waals surface area contributed by atoms with E-state index in [0.29, 0.717) is 6.54 Å². The van der Waals surface area contributed by atoms with Crippen LogP contribution in [0.5, 0.6) is 0 Å². The fourth-order valence-corrected chi connectivity index (χ4v) is 0.264. The van der Waals surface area contributed by atoms with Gasteiger partial charge in [0, 0.05) is 12.8 Å². The average Bonchev–Trinajstić information content (AvgIpc) is 1.81. The van der Waals surface area contributed by atoms with E-state index in [1.54, 1.807) is 12.3 Å². The van der Waals surface area contributed by atoms with Crippen molar-refractivity contribution in [2.75, 3.05) is 13.2 Å². The van der Waals surface area contributed by atoms with Gasteiger partial charge in [-0.25, -0.2) is 0 Å². The SMILES string of the molecule is N=C/C=C/NCCO. The van der Waals surface area contributed by atoms with E-state index in [4.69, 9.17) is 10.5 Å². The topological polar surface area (TPSA) is 56.1 Å². The summed E-state index contributed by atoms with van der Waals surface area (Å²) in [6.45, 7) is 0.673. The first-order valence-electron chi connectivity index (χ1n) is 2.41. The van der Waals surface area contributed by atoms with E-state index in [-0.39, 0.29) is 6.61 Å². The molecular weight excluding hydrogens is 104 g/mol. The molecule has 0 heterocycles. The summed E-state index contributed by atoms with van der Waals surface area (Å²) in [6.07, 6.45) is 4.34. The molecule has 0 aromatic heterocycles. The van der Waals surface area contributed by atoms with Crippen LogP contribution in [-0.2, 0) is 0 Å². The van der Waals surface area contributed by atoms with Crippen molar-refractivity contribution in [2.45, 2.75) is 0 Å². The van der Waals surface area contributed by atoms with Crippen LogP contribution in [-0.4, -0.2) is 24.5 Å². The Hall–Kier alpha value is -0.830. The third kappa shape index (κ3) is 5.17. The zero-order valence-corrected chi connectivity index (χ0v) is 4.59. The molecule has 0 aromatic rings. The van der Waals surface area contributed by atoms with Gasteiger partial charge in [0.1, 0.15) is 0 Å². The van der Waals surface area contributed by atoms with Crippen LogP contribution in [0.2, 0.25) is 0 Å². The van der Waals surface area contributed by atoms with E-state index >= 15 is 0 Å². The number of aliphatic hydroxyl groups excluding tert-OH is 1. The molecule has 0 spiro atoms. The van der Waals surface area contributed by atoms with Crippen molar-refractivity contribution in [1.29, 1.82) is 5.41 Å². The van der Waals surface area contributed by atoms with Crippen LogP contribution < -0.4 is 5.32 Å². The molecule has 0 bridgehead atoms. The van der Waals surface area contributed by atoms with Gasteiger partial charge < -0.3 is 15.8 Å². The Morgan fingerprint density at radius 2 is 2.38 bits per heavy atom. The molecule has 0 saturated heterocycles. The third-order valence-electron chi connectivity index (χ3n) is 0.566. The van der Waals surface area contributed by atoms with E-state index in [1.807, 2.05) is 0 Å². The summed E-state index contributed by atoms with van der Waals surface area (Å²) < 4.78 is 0. The van der Waals surface area contributed by atoms with Gasteiger partial charge in [-0.15, -0.1) is 0 Å². The molecule has 0 aliphatic carbocycles. The largest absolute Gasteiger partial charge is 0.395 e.